The molecule has 1 atom stereocenters. The van der Waals surface area contributed by atoms with Gasteiger partial charge in [0.25, 0.3) is 0 Å². The first-order chi connectivity index (χ1) is 8.11. The van der Waals surface area contributed by atoms with Crippen molar-refractivity contribution in [3.05, 3.63) is 18.1 Å². The molecule has 3 nitrogen and oxygen atoms in total. The molecule has 1 rings (SSSR count). The van der Waals surface area contributed by atoms with Crippen molar-refractivity contribution < 1.29 is 0 Å². The molecule has 3 heteroatoms. The minimum Gasteiger partial charge on any atom is -0.368 e. The first-order valence-electron chi connectivity index (χ1n) is 6.69. The molecule has 1 heterocycles. The summed E-state index contributed by atoms with van der Waals surface area (Å²) in [5, 5.41) is 3.44. The maximum Gasteiger partial charge on any atom is 0.129 e. The van der Waals surface area contributed by atoms with E-state index >= 15 is 0 Å². The van der Waals surface area contributed by atoms with Crippen LogP contribution in [0, 0.1) is 5.92 Å². The molecule has 0 bridgehead atoms. The lowest BCUT2D eigenvalue weighted by molar-refractivity contribution is 0.527. The summed E-state index contributed by atoms with van der Waals surface area (Å²) in [4.78, 5) is 8.53. The number of aromatic nitrogens is 2. The van der Waals surface area contributed by atoms with Crippen molar-refractivity contribution in [2.45, 2.75) is 59.4 Å². The number of nitrogens with one attached hydrogen (secondary N) is 1. The predicted octanol–water partition coefficient (Wildman–Crippen LogP) is 3.67. The van der Waals surface area contributed by atoms with Gasteiger partial charge in [-0.2, -0.15) is 0 Å². The fraction of sp³-hybridized carbons (Fsp3) is 0.714. The van der Waals surface area contributed by atoms with Crippen LogP contribution in [0.4, 0.5) is 5.82 Å². The topological polar surface area (TPSA) is 37.8 Å². The molecule has 0 aliphatic rings. The summed E-state index contributed by atoms with van der Waals surface area (Å²) in [6.45, 7) is 8.90. The number of hydrogen-bond acceptors (Lipinski definition) is 3. The summed E-state index contributed by atoms with van der Waals surface area (Å²) in [7, 11) is 0. The molecule has 0 spiro atoms. The van der Waals surface area contributed by atoms with E-state index in [0.29, 0.717) is 6.04 Å². The zero-order valence-electron chi connectivity index (χ0n) is 11.5. The molecule has 0 saturated carbocycles. The molecule has 1 aromatic heterocycles. The Kier molecular flexibility index (Phi) is 5.95. The highest BCUT2D eigenvalue weighted by Crippen LogP contribution is 2.12. The third kappa shape index (κ3) is 5.66. The molecule has 0 aliphatic heterocycles. The van der Waals surface area contributed by atoms with Crippen LogP contribution in [0.15, 0.2) is 12.4 Å². The van der Waals surface area contributed by atoms with Gasteiger partial charge in [-0.25, -0.2) is 9.97 Å². The van der Waals surface area contributed by atoms with Gasteiger partial charge in [0.05, 0.1) is 0 Å². The highest BCUT2D eigenvalue weighted by atomic mass is 15.0. The zero-order chi connectivity index (χ0) is 12.7. The van der Waals surface area contributed by atoms with Crippen molar-refractivity contribution >= 4 is 5.82 Å². The Morgan fingerprint density at radius 2 is 1.94 bits per heavy atom. The Morgan fingerprint density at radius 3 is 2.59 bits per heavy atom. The minimum absolute atomic E-state index is 0.474. The van der Waals surface area contributed by atoms with E-state index in [2.05, 4.69) is 49.0 Å². The van der Waals surface area contributed by atoms with E-state index in [-0.39, 0.29) is 0 Å². The van der Waals surface area contributed by atoms with Crippen LogP contribution < -0.4 is 5.32 Å². The van der Waals surface area contributed by atoms with Crippen molar-refractivity contribution in [3.8, 4) is 0 Å². The van der Waals surface area contributed by atoms with Gasteiger partial charge in [-0.15, -0.1) is 0 Å². The first-order valence-corrected chi connectivity index (χ1v) is 6.69. The van der Waals surface area contributed by atoms with Gasteiger partial charge in [0.2, 0.25) is 0 Å². The van der Waals surface area contributed by atoms with Crippen LogP contribution in [-0.4, -0.2) is 16.0 Å². The molecule has 0 aliphatic carbocycles. The van der Waals surface area contributed by atoms with Gasteiger partial charge >= 0.3 is 0 Å². The van der Waals surface area contributed by atoms with E-state index in [1.54, 1.807) is 6.33 Å². The molecule has 96 valence electrons. The van der Waals surface area contributed by atoms with Crippen molar-refractivity contribution in [1.29, 1.82) is 0 Å². The van der Waals surface area contributed by atoms with Crippen LogP contribution in [0.3, 0.4) is 0 Å². The van der Waals surface area contributed by atoms with Crippen molar-refractivity contribution in [1.82, 2.24) is 9.97 Å². The lowest BCUT2D eigenvalue weighted by atomic mass is 10.0. The number of rotatable bonds is 7. The summed E-state index contributed by atoms with van der Waals surface area (Å²) < 4.78 is 0. The maximum absolute atomic E-state index is 4.27. The van der Waals surface area contributed by atoms with Crippen LogP contribution in [0.1, 0.15) is 52.7 Å². The number of hydrogen-bond donors (Lipinski definition) is 1. The average Bonchev–Trinajstić information content (AvgIpc) is 2.27. The van der Waals surface area contributed by atoms with E-state index < -0.39 is 0 Å². The summed E-state index contributed by atoms with van der Waals surface area (Å²) in [6, 6.07) is 2.54. The first kappa shape index (κ1) is 13.9. The van der Waals surface area contributed by atoms with E-state index in [9.17, 15) is 0 Å². The van der Waals surface area contributed by atoms with Gasteiger partial charge in [0, 0.05) is 17.8 Å². The molecule has 1 unspecified atom stereocenters. The standard InChI is InChI=1S/C14H25N3/c1-5-6-13-9-14(16-10-15-13)17-12(4)8-7-11(2)3/h9-12H,5-8H2,1-4H3,(H,15,16,17). The smallest absolute Gasteiger partial charge is 0.129 e. The number of anilines is 1. The fourth-order valence-corrected chi connectivity index (χ4v) is 1.78. The molecular formula is C14H25N3. The van der Waals surface area contributed by atoms with E-state index in [1.165, 1.54) is 12.8 Å². The lowest BCUT2D eigenvalue weighted by Crippen LogP contribution is -2.17. The number of aryl methyl sites for hydroxylation is 1. The highest BCUT2D eigenvalue weighted by Gasteiger charge is 2.05. The fourth-order valence-electron chi connectivity index (χ4n) is 1.78. The second kappa shape index (κ2) is 7.25. The second-order valence-corrected chi connectivity index (χ2v) is 5.16. The van der Waals surface area contributed by atoms with Crippen molar-refractivity contribution in [3.63, 3.8) is 0 Å². The Labute approximate surface area is 105 Å². The van der Waals surface area contributed by atoms with Crippen LogP contribution in [0.25, 0.3) is 0 Å². The van der Waals surface area contributed by atoms with Gasteiger partial charge in [0.1, 0.15) is 12.1 Å². The monoisotopic (exact) mass is 235 g/mol. The molecule has 17 heavy (non-hydrogen) atoms. The minimum atomic E-state index is 0.474. The van der Waals surface area contributed by atoms with Gasteiger partial charge in [-0.05, 0) is 32.1 Å². The lowest BCUT2D eigenvalue weighted by Gasteiger charge is -2.15. The largest absolute Gasteiger partial charge is 0.368 e. The van der Waals surface area contributed by atoms with Crippen molar-refractivity contribution in [2.24, 2.45) is 5.92 Å². The van der Waals surface area contributed by atoms with Gasteiger partial charge in [0.15, 0.2) is 0 Å². The molecule has 0 amide bonds. The summed E-state index contributed by atoms with van der Waals surface area (Å²) in [6.07, 6.45) is 6.24. The van der Waals surface area contributed by atoms with Crippen LogP contribution in [-0.2, 0) is 6.42 Å². The molecule has 1 aromatic rings. The van der Waals surface area contributed by atoms with E-state index in [0.717, 1.165) is 30.3 Å². The van der Waals surface area contributed by atoms with Gasteiger partial charge in [-0.1, -0.05) is 27.2 Å². The molecule has 0 saturated heterocycles. The van der Waals surface area contributed by atoms with Crippen LogP contribution >= 0.6 is 0 Å². The van der Waals surface area contributed by atoms with Gasteiger partial charge < -0.3 is 5.32 Å². The quantitative estimate of drug-likeness (QED) is 0.783. The Balaban J connectivity index is 2.46. The van der Waals surface area contributed by atoms with Crippen molar-refractivity contribution in [2.75, 3.05) is 5.32 Å². The van der Waals surface area contributed by atoms with Gasteiger partial charge in [-0.3, -0.25) is 0 Å². The normalized spacial score (nSPS) is 12.8. The van der Waals surface area contributed by atoms with E-state index in [4.69, 9.17) is 0 Å². The summed E-state index contributed by atoms with van der Waals surface area (Å²) in [5.41, 5.74) is 1.13. The second-order valence-electron chi connectivity index (χ2n) is 5.16. The third-order valence-electron chi connectivity index (χ3n) is 2.80. The van der Waals surface area contributed by atoms with Crippen LogP contribution in [0.5, 0.6) is 0 Å². The summed E-state index contributed by atoms with van der Waals surface area (Å²) in [5.74, 6) is 1.72. The predicted molar refractivity (Wildman–Crippen MR) is 73.2 cm³/mol. The SMILES string of the molecule is CCCc1cc(NC(C)CCC(C)C)ncn1. The van der Waals surface area contributed by atoms with Crippen LogP contribution in [0.2, 0.25) is 0 Å². The summed E-state index contributed by atoms with van der Waals surface area (Å²) >= 11 is 0. The Morgan fingerprint density at radius 1 is 1.18 bits per heavy atom. The Hall–Kier alpha value is -1.12. The molecule has 1 N–H and O–H groups in total. The average molecular weight is 235 g/mol. The maximum atomic E-state index is 4.27. The third-order valence-corrected chi connectivity index (χ3v) is 2.80. The zero-order valence-corrected chi connectivity index (χ0v) is 11.5. The van der Waals surface area contributed by atoms with E-state index in [1.807, 2.05) is 0 Å². The molecule has 0 radical (unpaired) electrons. The molecule has 0 fully saturated rings. The molecular weight excluding hydrogens is 210 g/mol. The Bertz CT molecular complexity index is 323. The molecule has 0 aromatic carbocycles. The number of nitrogens with zero attached hydrogens (tertiary/aromatic N) is 2. The highest BCUT2D eigenvalue weighted by molar-refractivity contribution is 5.35.